The van der Waals surface area contributed by atoms with Crippen LogP contribution in [0.25, 0.3) is 0 Å². The number of aliphatic carboxylic acids is 1. The van der Waals surface area contributed by atoms with E-state index in [1.54, 1.807) is 0 Å². The number of carboxylic acid groups (broad SMARTS) is 1. The third kappa shape index (κ3) is 1.95. The summed E-state index contributed by atoms with van der Waals surface area (Å²) >= 11 is 0. The van der Waals surface area contributed by atoms with Crippen LogP contribution in [0.1, 0.15) is 12.8 Å². The van der Waals surface area contributed by atoms with E-state index in [2.05, 4.69) is 11.4 Å². The van der Waals surface area contributed by atoms with Gasteiger partial charge in [0, 0.05) is 0 Å². The molecule has 0 aromatic heterocycles. The van der Waals surface area contributed by atoms with Crippen molar-refractivity contribution < 1.29 is 9.90 Å². The molecule has 1 saturated heterocycles. The van der Waals surface area contributed by atoms with E-state index in [-0.39, 0.29) is 5.92 Å². The van der Waals surface area contributed by atoms with Gasteiger partial charge in [0.15, 0.2) is 0 Å². The van der Waals surface area contributed by atoms with Crippen LogP contribution in [0, 0.1) is 23.2 Å². The van der Waals surface area contributed by atoms with Gasteiger partial charge in [0.2, 0.25) is 0 Å². The van der Waals surface area contributed by atoms with Gasteiger partial charge in [-0.2, -0.15) is 5.26 Å². The van der Waals surface area contributed by atoms with E-state index in [9.17, 15) is 4.79 Å². The van der Waals surface area contributed by atoms with E-state index in [0.29, 0.717) is 19.4 Å². The second kappa shape index (κ2) is 4.07. The van der Waals surface area contributed by atoms with Gasteiger partial charge >= 0.3 is 5.97 Å². The Kier molecular flexibility index (Phi) is 3.06. The lowest BCUT2D eigenvalue weighted by Gasteiger charge is -2.12. The highest BCUT2D eigenvalue weighted by Crippen LogP contribution is 2.20. The number of nitrogens with zero attached hydrogens (tertiary/aromatic N) is 1. The van der Waals surface area contributed by atoms with E-state index < -0.39 is 11.9 Å². The predicted octanol–water partition coefficient (Wildman–Crippen LogP) is 0.210. The zero-order valence-corrected chi connectivity index (χ0v) is 6.79. The predicted molar refractivity (Wildman–Crippen MR) is 42.3 cm³/mol. The molecular weight excluding hydrogens is 156 g/mol. The number of hydrogen-bond donors (Lipinski definition) is 2. The summed E-state index contributed by atoms with van der Waals surface area (Å²) in [6, 6.07) is 2.05. The summed E-state index contributed by atoms with van der Waals surface area (Å²) in [4.78, 5) is 10.7. The van der Waals surface area contributed by atoms with Crippen LogP contribution in [-0.2, 0) is 4.79 Å². The fourth-order valence-electron chi connectivity index (χ4n) is 1.49. The number of nitrogens with one attached hydrogen (secondary N) is 1. The second-order valence-electron chi connectivity index (χ2n) is 3.01. The zero-order chi connectivity index (χ0) is 8.97. The Balaban J connectivity index is 2.65. The van der Waals surface area contributed by atoms with Crippen molar-refractivity contribution in [2.75, 3.05) is 13.1 Å². The van der Waals surface area contributed by atoms with Crippen LogP contribution in [0.3, 0.4) is 0 Å². The van der Waals surface area contributed by atoms with E-state index >= 15 is 0 Å². The highest BCUT2D eigenvalue weighted by Gasteiger charge is 2.28. The number of rotatable bonds is 1. The number of carbonyl (C=O) groups is 1. The van der Waals surface area contributed by atoms with Gasteiger partial charge in [0.1, 0.15) is 0 Å². The van der Waals surface area contributed by atoms with Crippen molar-refractivity contribution in [1.29, 1.82) is 5.26 Å². The van der Waals surface area contributed by atoms with Crippen LogP contribution in [-0.4, -0.2) is 24.2 Å². The Labute approximate surface area is 71.2 Å². The minimum absolute atomic E-state index is 0.322. The SMILES string of the molecule is N#C[C@@H]1CCNCC[C@H]1C(=O)O. The van der Waals surface area contributed by atoms with Gasteiger partial charge < -0.3 is 10.4 Å². The Morgan fingerprint density at radius 1 is 1.50 bits per heavy atom. The average molecular weight is 168 g/mol. The molecule has 2 atom stereocenters. The quantitative estimate of drug-likeness (QED) is 0.587. The first kappa shape index (κ1) is 9.01. The maximum absolute atomic E-state index is 10.7. The van der Waals surface area contributed by atoms with Gasteiger partial charge in [0.05, 0.1) is 17.9 Å². The number of carboxylic acids is 1. The molecule has 0 aromatic rings. The maximum atomic E-state index is 10.7. The summed E-state index contributed by atoms with van der Waals surface area (Å²) in [5, 5.41) is 20.6. The summed E-state index contributed by atoms with van der Waals surface area (Å²) in [7, 11) is 0. The first-order valence-corrected chi connectivity index (χ1v) is 4.09. The molecule has 0 saturated carbocycles. The Morgan fingerprint density at radius 3 is 2.75 bits per heavy atom. The van der Waals surface area contributed by atoms with E-state index in [4.69, 9.17) is 10.4 Å². The fraction of sp³-hybridized carbons (Fsp3) is 0.750. The molecule has 0 amide bonds. The Bertz CT molecular complexity index is 210. The van der Waals surface area contributed by atoms with E-state index in [1.807, 2.05) is 0 Å². The van der Waals surface area contributed by atoms with Crippen molar-refractivity contribution in [3.63, 3.8) is 0 Å². The molecule has 4 nitrogen and oxygen atoms in total. The van der Waals surface area contributed by atoms with Crippen LogP contribution in [0.15, 0.2) is 0 Å². The third-order valence-electron chi connectivity index (χ3n) is 2.23. The average Bonchev–Trinajstić information content (AvgIpc) is 2.27. The highest BCUT2D eigenvalue weighted by molar-refractivity contribution is 5.70. The molecule has 66 valence electrons. The molecule has 4 heteroatoms. The zero-order valence-electron chi connectivity index (χ0n) is 6.79. The summed E-state index contributed by atoms with van der Waals surface area (Å²) in [6.45, 7) is 1.46. The van der Waals surface area contributed by atoms with Crippen molar-refractivity contribution in [3.8, 4) is 6.07 Å². The molecule has 0 radical (unpaired) electrons. The molecule has 0 bridgehead atoms. The van der Waals surface area contributed by atoms with Gasteiger partial charge in [-0.3, -0.25) is 4.79 Å². The summed E-state index contributed by atoms with van der Waals surface area (Å²) in [6.07, 6.45) is 1.21. The van der Waals surface area contributed by atoms with Gasteiger partial charge in [-0.1, -0.05) is 0 Å². The molecule has 12 heavy (non-hydrogen) atoms. The molecule has 0 aromatic carbocycles. The van der Waals surface area contributed by atoms with E-state index in [1.165, 1.54) is 0 Å². The van der Waals surface area contributed by atoms with Crippen LogP contribution in [0.4, 0.5) is 0 Å². The second-order valence-corrected chi connectivity index (χ2v) is 3.01. The molecule has 0 aliphatic carbocycles. The third-order valence-corrected chi connectivity index (χ3v) is 2.23. The molecule has 0 spiro atoms. The number of nitriles is 1. The summed E-state index contributed by atoms with van der Waals surface area (Å²) in [5.74, 6) is -1.65. The normalized spacial score (nSPS) is 30.2. The smallest absolute Gasteiger partial charge is 0.307 e. The van der Waals surface area contributed by atoms with Crippen LogP contribution < -0.4 is 5.32 Å². The molecular formula is C8H12N2O2. The highest BCUT2D eigenvalue weighted by atomic mass is 16.4. The van der Waals surface area contributed by atoms with E-state index in [0.717, 1.165) is 6.54 Å². The molecule has 0 unspecified atom stereocenters. The van der Waals surface area contributed by atoms with Crippen LogP contribution in [0.5, 0.6) is 0 Å². The van der Waals surface area contributed by atoms with Gasteiger partial charge in [0.25, 0.3) is 0 Å². The van der Waals surface area contributed by atoms with Gasteiger partial charge in [-0.15, -0.1) is 0 Å². The topological polar surface area (TPSA) is 73.1 Å². The lowest BCUT2D eigenvalue weighted by molar-refractivity contribution is -0.143. The van der Waals surface area contributed by atoms with Crippen LogP contribution >= 0.6 is 0 Å². The summed E-state index contributed by atoms with van der Waals surface area (Å²) in [5.41, 5.74) is 0. The Hall–Kier alpha value is -1.08. The number of hydrogen-bond acceptors (Lipinski definition) is 3. The standard InChI is InChI=1S/C8H12N2O2/c9-5-6-1-3-10-4-2-7(6)8(11)12/h6-7,10H,1-4H2,(H,11,12)/t6-,7+/m0/s1. The largest absolute Gasteiger partial charge is 0.481 e. The van der Waals surface area contributed by atoms with Gasteiger partial charge in [-0.25, -0.2) is 0 Å². The Morgan fingerprint density at radius 2 is 2.17 bits per heavy atom. The molecule has 1 heterocycles. The molecule has 1 fully saturated rings. The van der Waals surface area contributed by atoms with Crippen molar-refractivity contribution in [2.24, 2.45) is 11.8 Å². The molecule has 1 rings (SSSR count). The minimum atomic E-state index is -0.842. The molecule has 2 N–H and O–H groups in total. The van der Waals surface area contributed by atoms with Crippen molar-refractivity contribution in [2.45, 2.75) is 12.8 Å². The monoisotopic (exact) mass is 168 g/mol. The molecule has 1 aliphatic rings. The first-order valence-electron chi connectivity index (χ1n) is 4.09. The lowest BCUT2D eigenvalue weighted by atomic mass is 9.89. The maximum Gasteiger partial charge on any atom is 0.307 e. The first-order chi connectivity index (χ1) is 5.75. The van der Waals surface area contributed by atoms with Crippen molar-refractivity contribution in [3.05, 3.63) is 0 Å². The molecule has 1 aliphatic heterocycles. The lowest BCUT2D eigenvalue weighted by Crippen LogP contribution is -2.22. The van der Waals surface area contributed by atoms with Crippen LogP contribution in [0.2, 0.25) is 0 Å². The van der Waals surface area contributed by atoms with Crippen molar-refractivity contribution in [1.82, 2.24) is 5.32 Å². The van der Waals surface area contributed by atoms with Gasteiger partial charge in [-0.05, 0) is 25.9 Å². The minimum Gasteiger partial charge on any atom is -0.481 e. The fourth-order valence-corrected chi connectivity index (χ4v) is 1.49. The summed E-state index contributed by atoms with van der Waals surface area (Å²) < 4.78 is 0. The van der Waals surface area contributed by atoms with Crippen molar-refractivity contribution >= 4 is 5.97 Å².